The quantitative estimate of drug-likeness (QED) is 0.685. The van der Waals surface area contributed by atoms with E-state index in [1.807, 2.05) is 0 Å². The molecule has 110 valence electrons. The highest BCUT2D eigenvalue weighted by atomic mass is 79.9. The SMILES string of the molecule is Cn1c(=O)c(Br)c(C=O)n(CCN2CCOCC2)c1=O. The van der Waals surface area contributed by atoms with Crippen molar-refractivity contribution in [2.45, 2.75) is 6.54 Å². The third-order valence-electron chi connectivity index (χ3n) is 3.38. The fourth-order valence-electron chi connectivity index (χ4n) is 2.14. The molecule has 0 N–H and O–H groups in total. The molecule has 20 heavy (non-hydrogen) atoms. The normalized spacial score (nSPS) is 16.3. The molecule has 0 amide bonds. The minimum Gasteiger partial charge on any atom is -0.379 e. The lowest BCUT2D eigenvalue weighted by Crippen LogP contribution is -2.44. The van der Waals surface area contributed by atoms with Crippen molar-refractivity contribution in [1.29, 1.82) is 0 Å². The van der Waals surface area contributed by atoms with Crippen molar-refractivity contribution in [3.63, 3.8) is 0 Å². The Morgan fingerprint density at radius 3 is 2.50 bits per heavy atom. The van der Waals surface area contributed by atoms with Crippen LogP contribution < -0.4 is 11.2 Å². The van der Waals surface area contributed by atoms with Crippen molar-refractivity contribution in [2.24, 2.45) is 7.05 Å². The molecule has 8 heteroatoms. The zero-order valence-electron chi connectivity index (χ0n) is 11.2. The van der Waals surface area contributed by atoms with Gasteiger partial charge < -0.3 is 4.74 Å². The number of rotatable bonds is 4. The van der Waals surface area contributed by atoms with Gasteiger partial charge in [0.1, 0.15) is 10.2 Å². The van der Waals surface area contributed by atoms with E-state index in [1.165, 1.54) is 11.6 Å². The van der Waals surface area contributed by atoms with Gasteiger partial charge >= 0.3 is 5.69 Å². The zero-order valence-corrected chi connectivity index (χ0v) is 12.8. The largest absolute Gasteiger partial charge is 0.379 e. The molecule has 0 bridgehead atoms. The number of hydrogen-bond donors (Lipinski definition) is 0. The maximum absolute atomic E-state index is 12.1. The molecule has 0 aliphatic carbocycles. The van der Waals surface area contributed by atoms with Gasteiger partial charge in [-0.15, -0.1) is 0 Å². The summed E-state index contributed by atoms with van der Waals surface area (Å²) in [6, 6.07) is 0. The van der Waals surface area contributed by atoms with Crippen LogP contribution in [0, 0.1) is 0 Å². The molecular weight excluding hydrogens is 330 g/mol. The van der Waals surface area contributed by atoms with Crippen LogP contribution >= 0.6 is 15.9 Å². The van der Waals surface area contributed by atoms with Crippen molar-refractivity contribution in [2.75, 3.05) is 32.8 Å². The Balaban J connectivity index is 2.28. The number of hydrogen-bond acceptors (Lipinski definition) is 5. The maximum Gasteiger partial charge on any atom is 0.331 e. The molecule has 0 spiro atoms. The first-order valence-corrected chi connectivity index (χ1v) is 7.10. The summed E-state index contributed by atoms with van der Waals surface area (Å²) in [5.74, 6) is 0. The van der Waals surface area contributed by atoms with Gasteiger partial charge in [0.2, 0.25) is 0 Å². The number of morpholine rings is 1. The van der Waals surface area contributed by atoms with E-state index in [9.17, 15) is 14.4 Å². The molecule has 2 rings (SSSR count). The van der Waals surface area contributed by atoms with Gasteiger partial charge in [0.25, 0.3) is 5.56 Å². The highest BCUT2D eigenvalue weighted by molar-refractivity contribution is 9.10. The number of aromatic nitrogens is 2. The molecule has 1 aromatic rings. The molecule has 1 saturated heterocycles. The minimum atomic E-state index is -0.500. The Hall–Kier alpha value is -1.25. The Kier molecular flexibility index (Phi) is 4.90. The van der Waals surface area contributed by atoms with Crippen LogP contribution in [0.15, 0.2) is 14.1 Å². The average Bonchev–Trinajstić information content (AvgIpc) is 2.48. The van der Waals surface area contributed by atoms with Gasteiger partial charge in [-0.3, -0.25) is 23.6 Å². The van der Waals surface area contributed by atoms with E-state index in [1.54, 1.807) is 0 Å². The Morgan fingerprint density at radius 2 is 1.90 bits per heavy atom. The topological polar surface area (TPSA) is 73.5 Å². The average molecular weight is 346 g/mol. The summed E-state index contributed by atoms with van der Waals surface area (Å²) >= 11 is 3.08. The molecule has 0 saturated carbocycles. The van der Waals surface area contributed by atoms with Crippen molar-refractivity contribution >= 4 is 22.2 Å². The molecule has 2 heterocycles. The van der Waals surface area contributed by atoms with E-state index in [-0.39, 0.29) is 10.2 Å². The molecular formula is C12H16BrN3O4. The van der Waals surface area contributed by atoms with Crippen molar-refractivity contribution in [3.8, 4) is 0 Å². The summed E-state index contributed by atoms with van der Waals surface area (Å²) in [6.45, 7) is 3.95. The van der Waals surface area contributed by atoms with E-state index in [0.29, 0.717) is 32.6 Å². The molecule has 0 atom stereocenters. The van der Waals surface area contributed by atoms with Gasteiger partial charge in [0.05, 0.1) is 13.2 Å². The van der Waals surface area contributed by atoms with Crippen LogP contribution in [0.3, 0.4) is 0 Å². The second-order valence-corrected chi connectivity index (χ2v) is 5.36. The summed E-state index contributed by atoms with van der Waals surface area (Å²) in [5.41, 5.74) is -0.889. The van der Waals surface area contributed by atoms with Gasteiger partial charge in [-0.1, -0.05) is 0 Å². The van der Waals surface area contributed by atoms with Crippen LogP contribution in [-0.2, 0) is 18.3 Å². The highest BCUT2D eigenvalue weighted by Gasteiger charge is 2.16. The standard InChI is InChI=1S/C12H16BrN3O4/c1-14-11(18)10(13)9(8-17)16(12(14)19)3-2-15-4-6-20-7-5-15/h8H,2-7H2,1H3. The zero-order chi connectivity index (χ0) is 14.7. The Labute approximate surface area is 123 Å². The Morgan fingerprint density at radius 1 is 1.25 bits per heavy atom. The monoisotopic (exact) mass is 345 g/mol. The lowest BCUT2D eigenvalue weighted by molar-refractivity contribution is 0.0361. The predicted octanol–water partition coefficient (Wildman–Crippen LogP) is -0.546. The van der Waals surface area contributed by atoms with Gasteiger partial charge in [-0.2, -0.15) is 0 Å². The molecule has 7 nitrogen and oxygen atoms in total. The maximum atomic E-state index is 12.1. The lowest BCUT2D eigenvalue weighted by Gasteiger charge is -2.27. The highest BCUT2D eigenvalue weighted by Crippen LogP contribution is 2.07. The summed E-state index contributed by atoms with van der Waals surface area (Å²) in [7, 11) is 1.40. The van der Waals surface area contributed by atoms with Gasteiger partial charge in [0, 0.05) is 33.2 Å². The molecule has 1 fully saturated rings. The summed E-state index contributed by atoms with van der Waals surface area (Å²) < 4.78 is 7.70. The van der Waals surface area contributed by atoms with Crippen LogP contribution in [0.2, 0.25) is 0 Å². The van der Waals surface area contributed by atoms with Crippen molar-refractivity contribution in [1.82, 2.24) is 14.0 Å². The van der Waals surface area contributed by atoms with Gasteiger partial charge in [0.15, 0.2) is 6.29 Å². The third-order valence-corrected chi connectivity index (χ3v) is 4.13. The second kappa shape index (κ2) is 6.47. The lowest BCUT2D eigenvalue weighted by atomic mass is 10.3. The molecule has 0 unspecified atom stereocenters. The number of ether oxygens (including phenoxy) is 1. The number of halogens is 1. The third kappa shape index (κ3) is 2.92. The van der Waals surface area contributed by atoms with E-state index in [4.69, 9.17) is 4.74 Å². The first-order chi connectivity index (χ1) is 9.56. The van der Waals surface area contributed by atoms with Crippen LogP contribution in [0.5, 0.6) is 0 Å². The first-order valence-electron chi connectivity index (χ1n) is 6.31. The molecule has 1 aliphatic rings. The van der Waals surface area contributed by atoms with E-state index in [0.717, 1.165) is 17.7 Å². The fraction of sp³-hybridized carbons (Fsp3) is 0.583. The first kappa shape index (κ1) is 15.1. The molecule has 0 aromatic carbocycles. The molecule has 1 aliphatic heterocycles. The van der Waals surface area contributed by atoms with E-state index < -0.39 is 11.2 Å². The summed E-state index contributed by atoms with van der Waals surface area (Å²) in [6.07, 6.45) is 0.534. The Bertz CT molecular complexity index is 616. The summed E-state index contributed by atoms with van der Waals surface area (Å²) in [4.78, 5) is 37.1. The van der Waals surface area contributed by atoms with Crippen LogP contribution in [0.25, 0.3) is 0 Å². The minimum absolute atomic E-state index is 0.0892. The van der Waals surface area contributed by atoms with Crippen molar-refractivity contribution in [3.05, 3.63) is 31.0 Å². The van der Waals surface area contributed by atoms with Crippen LogP contribution in [-0.4, -0.2) is 53.2 Å². The number of aldehydes is 1. The molecule has 0 radical (unpaired) electrons. The summed E-state index contributed by atoms with van der Waals surface area (Å²) in [5, 5.41) is 0. The van der Waals surface area contributed by atoms with E-state index in [2.05, 4.69) is 20.8 Å². The van der Waals surface area contributed by atoms with Crippen molar-refractivity contribution < 1.29 is 9.53 Å². The number of carbonyl (C=O) groups is 1. The fourth-order valence-corrected chi connectivity index (χ4v) is 2.72. The van der Waals surface area contributed by atoms with Crippen LogP contribution in [0.1, 0.15) is 10.5 Å². The van der Waals surface area contributed by atoms with E-state index >= 15 is 0 Å². The molecule has 1 aromatic heterocycles. The smallest absolute Gasteiger partial charge is 0.331 e. The number of nitrogens with zero attached hydrogens (tertiary/aromatic N) is 3. The van der Waals surface area contributed by atoms with Crippen LogP contribution in [0.4, 0.5) is 0 Å². The van der Waals surface area contributed by atoms with Gasteiger partial charge in [-0.05, 0) is 15.9 Å². The van der Waals surface area contributed by atoms with Gasteiger partial charge in [-0.25, -0.2) is 4.79 Å². The second-order valence-electron chi connectivity index (χ2n) is 4.57. The predicted molar refractivity (Wildman–Crippen MR) is 76.3 cm³/mol. The number of carbonyl (C=O) groups excluding carboxylic acids is 1.